The number of hydrogen-bond donors (Lipinski definition) is 1. The van der Waals surface area contributed by atoms with E-state index in [0.29, 0.717) is 32.4 Å². The first kappa shape index (κ1) is 18.6. The molecule has 0 unspecified atom stereocenters. The Morgan fingerprint density at radius 1 is 1.23 bits per heavy atom. The molecule has 3 rings (SSSR count). The zero-order valence-electron chi connectivity index (χ0n) is 15.4. The lowest BCUT2D eigenvalue weighted by atomic mass is 9.86. The van der Waals surface area contributed by atoms with E-state index in [0.717, 1.165) is 18.4 Å². The summed E-state index contributed by atoms with van der Waals surface area (Å²) in [4.78, 5) is 28.3. The summed E-state index contributed by atoms with van der Waals surface area (Å²) in [5.41, 5.74) is -0.0981. The van der Waals surface area contributed by atoms with Gasteiger partial charge >= 0.3 is 0 Å². The summed E-state index contributed by atoms with van der Waals surface area (Å²) >= 11 is 0. The Morgan fingerprint density at radius 2 is 1.88 bits per heavy atom. The number of carbonyl (C=O) groups excluding carboxylic acids is 2. The van der Waals surface area contributed by atoms with Crippen molar-refractivity contribution in [3.8, 4) is 0 Å². The summed E-state index contributed by atoms with van der Waals surface area (Å²) in [6.45, 7) is 4.69. The van der Waals surface area contributed by atoms with Crippen LogP contribution in [0.15, 0.2) is 43.0 Å². The average Bonchev–Trinajstić information content (AvgIpc) is 3.10. The molecular formula is C21H28N2O3. The fraction of sp³-hybridized carbons (Fsp3) is 0.524. The summed E-state index contributed by atoms with van der Waals surface area (Å²) in [6, 6.07) is 9.47. The van der Waals surface area contributed by atoms with Gasteiger partial charge in [0.1, 0.15) is 5.60 Å². The van der Waals surface area contributed by atoms with Gasteiger partial charge in [-0.2, -0.15) is 0 Å². The van der Waals surface area contributed by atoms with Crippen molar-refractivity contribution in [2.75, 3.05) is 20.1 Å². The van der Waals surface area contributed by atoms with Crippen LogP contribution in [0.5, 0.6) is 0 Å². The third kappa shape index (κ3) is 3.40. The maximum absolute atomic E-state index is 13.0. The van der Waals surface area contributed by atoms with Crippen LogP contribution < -0.4 is 0 Å². The summed E-state index contributed by atoms with van der Waals surface area (Å²) < 4.78 is 0. The van der Waals surface area contributed by atoms with Crippen LogP contribution in [0.25, 0.3) is 0 Å². The third-order valence-corrected chi connectivity index (χ3v) is 6.01. The molecule has 2 amide bonds. The first-order valence-electron chi connectivity index (χ1n) is 9.43. The number of hydrogen-bond acceptors (Lipinski definition) is 3. The molecule has 1 aliphatic carbocycles. The highest BCUT2D eigenvalue weighted by atomic mass is 16.3. The van der Waals surface area contributed by atoms with Gasteiger partial charge in [0.15, 0.2) is 0 Å². The molecule has 0 spiro atoms. The SMILES string of the molecule is C=CC(=O)N1CCC(C(=O)N(C)[C@@H]2CCC[C@]2(O)c2ccccc2)CC1. The zero-order valence-corrected chi connectivity index (χ0v) is 15.4. The molecule has 1 N–H and O–H groups in total. The lowest BCUT2D eigenvalue weighted by Crippen LogP contribution is -2.51. The Kier molecular flexibility index (Phi) is 5.47. The van der Waals surface area contributed by atoms with Gasteiger partial charge in [-0.1, -0.05) is 36.9 Å². The third-order valence-electron chi connectivity index (χ3n) is 6.01. The maximum atomic E-state index is 13.0. The molecule has 5 nitrogen and oxygen atoms in total. The van der Waals surface area contributed by atoms with Gasteiger partial charge in [-0.25, -0.2) is 0 Å². The summed E-state index contributed by atoms with van der Waals surface area (Å²) in [6.07, 6.45) is 5.04. The Labute approximate surface area is 155 Å². The first-order chi connectivity index (χ1) is 12.5. The largest absolute Gasteiger partial charge is 0.383 e. The highest BCUT2D eigenvalue weighted by Crippen LogP contribution is 2.42. The molecule has 1 aromatic carbocycles. The van der Waals surface area contributed by atoms with Crippen LogP contribution >= 0.6 is 0 Å². The van der Waals surface area contributed by atoms with Crippen molar-refractivity contribution < 1.29 is 14.7 Å². The van der Waals surface area contributed by atoms with Gasteiger partial charge in [-0.3, -0.25) is 9.59 Å². The Bertz CT molecular complexity index is 667. The van der Waals surface area contributed by atoms with E-state index in [2.05, 4.69) is 6.58 Å². The molecule has 5 heteroatoms. The van der Waals surface area contributed by atoms with Crippen molar-refractivity contribution in [3.63, 3.8) is 0 Å². The summed E-state index contributed by atoms with van der Waals surface area (Å²) in [5.74, 6) is -0.0788. The van der Waals surface area contributed by atoms with Gasteiger partial charge < -0.3 is 14.9 Å². The monoisotopic (exact) mass is 356 g/mol. The van der Waals surface area contributed by atoms with Gasteiger partial charge in [0.2, 0.25) is 11.8 Å². The van der Waals surface area contributed by atoms with E-state index in [1.54, 1.807) is 9.80 Å². The molecule has 26 heavy (non-hydrogen) atoms. The smallest absolute Gasteiger partial charge is 0.245 e. The molecule has 1 saturated heterocycles. The van der Waals surface area contributed by atoms with Gasteiger partial charge in [-0.05, 0) is 43.7 Å². The molecule has 1 heterocycles. The number of amides is 2. The number of aliphatic hydroxyl groups is 1. The number of piperidine rings is 1. The van der Waals surface area contributed by atoms with Gasteiger partial charge in [-0.15, -0.1) is 0 Å². The molecule has 0 bridgehead atoms. The van der Waals surface area contributed by atoms with E-state index >= 15 is 0 Å². The van der Waals surface area contributed by atoms with E-state index in [-0.39, 0.29) is 23.8 Å². The van der Waals surface area contributed by atoms with Crippen LogP contribution in [0, 0.1) is 5.92 Å². The van der Waals surface area contributed by atoms with Crippen molar-refractivity contribution in [2.45, 2.75) is 43.7 Å². The highest BCUT2D eigenvalue weighted by Gasteiger charge is 2.46. The number of rotatable bonds is 4. The quantitative estimate of drug-likeness (QED) is 0.842. The van der Waals surface area contributed by atoms with Gasteiger partial charge in [0, 0.05) is 26.1 Å². The number of benzene rings is 1. The van der Waals surface area contributed by atoms with Crippen LogP contribution in [0.2, 0.25) is 0 Å². The standard InChI is InChI=1S/C21H28N2O3/c1-3-19(24)23-14-11-16(12-15-23)20(25)22(2)18-10-7-13-21(18,26)17-8-5-4-6-9-17/h3-6,8-9,16,18,26H,1,7,10-15H2,2H3/t18-,21+/m1/s1. The number of nitrogens with zero attached hydrogens (tertiary/aromatic N) is 2. The number of likely N-dealkylation sites (N-methyl/N-ethyl adjacent to an activating group) is 1. The van der Waals surface area contributed by atoms with Crippen LogP contribution in [0.4, 0.5) is 0 Å². The van der Waals surface area contributed by atoms with Crippen LogP contribution in [-0.4, -0.2) is 52.9 Å². The maximum Gasteiger partial charge on any atom is 0.245 e. The van der Waals surface area contributed by atoms with Crippen molar-refractivity contribution in [3.05, 3.63) is 48.6 Å². The van der Waals surface area contributed by atoms with Gasteiger partial charge in [0.25, 0.3) is 0 Å². The second-order valence-electron chi connectivity index (χ2n) is 7.45. The number of likely N-dealkylation sites (tertiary alicyclic amines) is 1. The van der Waals surface area contributed by atoms with Crippen molar-refractivity contribution in [1.29, 1.82) is 0 Å². The molecular weight excluding hydrogens is 328 g/mol. The van der Waals surface area contributed by atoms with E-state index < -0.39 is 5.60 Å². The zero-order chi connectivity index (χ0) is 18.7. The fourth-order valence-corrected chi connectivity index (χ4v) is 4.47. The predicted molar refractivity (Wildman–Crippen MR) is 100 cm³/mol. The van der Waals surface area contributed by atoms with E-state index in [1.807, 2.05) is 37.4 Å². The minimum absolute atomic E-state index is 0.0708. The molecule has 1 saturated carbocycles. The molecule has 1 aromatic rings. The minimum Gasteiger partial charge on any atom is -0.383 e. The topological polar surface area (TPSA) is 60.9 Å². The first-order valence-corrected chi connectivity index (χ1v) is 9.43. The number of carbonyl (C=O) groups is 2. The van der Waals surface area contributed by atoms with E-state index in [4.69, 9.17) is 0 Å². The molecule has 1 aliphatic heterocycles. The van der Waals surface area contributed by atoms with Crippen molar-refractivity contribution >= 4 is 11.8 Å². The van der Waals surface area contributed by atoms with Gasteiger partial charge in [0.05, 0.1) is 6.04 Å². The molecule has 0 radical (unpaired) electrons. The Hall–Kier alpha value is -2.14. The fourth-order valence-electron chi connectivity index (χ4n) is 4.47. The van der Waals surface area contributed by atoms with Crippen molar-refractivity contribution in [2.24, 2.45) is 5.92 Å². The summed E-state index contributed by atoms with van der Waals surface area (Å²) in [5, 5.41) is 11.3. The lowest BCUT2D eigenvalue weighted by Gasteiger charge is -2.40. The van der Waals surface area contributed by atoms with E-state index in [1.165, 1.54) is 6.08 Å². The minimum atomic E-state index is -0.981. The molecule has 140 valence electrons. The van der Waals surface area contributed by atoms with Crippen LogP contribution in [0.3, 0.4) is 0 Å². The lowest BCUT2D eigenvalue weighted by molar-refractivity contribution is -0.144. The Morgan fingerprint density at radius 3 is 2.50 bits per heavy atom. The van der Waals surface area contributed by atoms with Crippen LogP contribution in [-0.2, 0) is 15.2 Å². The molecule has 2 fully saturated rings. The summed E-state index contributed by atoms with van der Waals surface area (Å²) in [7, 11) is 1.81. The molecule has 0 aromatic heterocycles. The van der Waals surface area contributed by atoms with Crippen LogP contribution in [0.1, 0.15) is 37.7 Å². The second kappa shape index (κ2) is 7.62. The molecule has 2 aliphatic rings. The molecule has 2 atom stereocenters. The highest BCUT2D eigenvalue weighted by molar-refractivity contribution is 5.87. The average molecular weight is 356 g/mol. The predicted octanol–water partition coefficient (Wildman–Crippen LogP) is 2.31. The Balaban J connectivity index is 1.69. The van der Waals surface area contributed by atoms with E-state index in [9.17, 15) is 14.7 Å². The second-order valence-corrected chi connectivity index (χ2v) is 7.45. The van der Waals surface area contributed by atoms with Crippen molar-refractivity contribution in [1.82, 2.24) is 9.80 Å². The normalized spacial score (nSPS) is 26.5.